The zero-order valence-corrected chi connectivity index (χ0v) is 13.7. The molecule has 8 nitrogen and oxygen atoms in total. The standard InChI is InChI=1S/C15H13N5O3S/c1-9-3-4-11(7-10(9)2)23-14-12(20(21)22)13(17-8-18-14)19-15-16-5-6-24-15/h3-8H,1-2H3,(H,16,17,18,19). The Kier molecular flexibility index (Phi) is 4.34. The number of nitrogens with zero attached hydrogens (tertiary/aromatic N) is 4. The van der Waals surface area contributed by atoms with E-state index in [4.69, 9.17) is 4.74 Å². The molecule has 0 atom stereocenters. The van der Waals surface area contributed by atoms with Crippen molar-refractivity contribution in [1.82, 2.24) is 15.0 Å². The van der Waals surface area contributed by atoms with E-state index in [-0.39, 0.29) is 17.4 Å². The highest BCUT2D eigenvalue weighted by Gasteiger charge is 2.25. The largest absolute Gasteiger partial charge is 0.434 e. The maximum atomic E-state index is 11.5. The molecule has 24 heavy (non-hydrogen) atoms. The lowest BCUT2D eigenvalue weighted by molar-refractivity contribution is -0.385. The smallest absolute Gasteiger partial charge is 0.373 e. The van der Waals surface area contributed by atoms with Crippen LogP contribution in [-0.4, -0.2) is 19.9 Å². The molecule has 0 fully saturated rings. The number of benzene rings is 1. The number of anilines is 2. The lowest BCUT2D eigenvalue weighted by Crippen LogP contribution is -2.03. The monoisotopic (exact) mass is 343 g/mol. The second kappa shape index (κ2) is 6.59. The van der Waals surface area contributed by atoms with E-state index in [1.165, 1.54) is 17.7 Å². The summed E-state index contributed by atoms with van der Waals surface area (Å²) in [6.45, 7) is 3.91. The van der Waals surface area contributed by atoms with Gasteiger partial charge in [0.05, 0.1) is 4.92 Å². The molecule has 9 heteroatoms. The Bertz CT molecular complexity index is 883. The minimum absolute atomic E-state index is 0.0313. The highest BCUT2D eigenvalue weighted by atomic mass is 32.1. The van der Waals surface area contributed by atoms with Crippen molar-refractivity contribution >= 4 is 28.0 Å². The third-order valence-corrected chi connectivity index (χ3v) is 4.01. The molecule has 122 valence electrons. The zero-order valence-electron chi connectivity index (χ0n) is 12.9. The molecule has 2 aromatic heterocycles. The molecular formula is C15H13N5O3S. The van der Waals surface area contributed by atoms with Crippen LogP contribution < -0.4 is 10.1 Å². The van der Waals surface area contributed by atoms with Crippen molar-refractivity contribution < 1.29 is 9.66 Å². The Morgan fingerprint density at radius 2 is 2.04 bits per heavy atom. The van der Waals surface area contributed by atoms with E-state index < -0.39 is 4.92 Å². The number of aryl methyl sites for hydroxylation is 2. The molecule has 3 rings (SSSR count). The Hall–Kier alpha value is -3.07. The lowest BCUT2D eigenvalue weighted by Gasteiger charge is -2.09. The third kappa shape index (κ3) is 3.30. The molecule has 1 aromatic carbocycles. The molecule has 1 N–H and O–H groups in total. The summed E-state index contributed by atoms with van der Waals surface area (Å²) in [5.41, 5.74) is 1.78. The second-order valence-corrected chi connectivity index (χ2v) is 5.84. The number of nitro groups is 1. The highest BCUT2D eigenvalue weighted by molar-refractivity contribution is 7.13. The fourth-order valence-electron chi connectivity index (χ4n) is 1.97. The van der Waals surface area contributed by atoms with Gasteiger partial charge in [-0.1, -0.05) is 6.07 Å². The van der Waals surface area contributed by atoms with E-state index in [2.05, 4.69) is 20.3 Å². The van der Waals surface area contributed by atoms with E-state index >= 15 is 0 Å². The summed E-state index contributed by atoms with van der Waals surface area (Å²) in [4.78, 5) is 22.8. The van der Waals surface area contributed by atoms with Gasteiger partial charge < -0.3 is 10.1 Å². The van der Waals surface area contributed by atoms with Gasteiger partial charge in [0.2, 0.25) is 5.82 Å². The molecule has 0 bridgehead atoms. The number of nitrogens with one attached hydrogen (secondary N) is 1. The van der Waals surface area contributed by atoms with Crippen LogP contribution in [0, 0.1) is 24.0 Å². The molecule has 0 saturated heterocycles. The van der Waals surface area contributed by atoms with Crippen LogP contribution in [0.4, 0.5) is 16.6 Å². The average molecular weight is 343 g/mol. The minimum atomic E-state index is -0.577. The summed E-state index contributed by atoms with van der Waals surface area (Å²) in [5.74, 6) is 0.376. The van der Waals surface area contributed by atoms with E-state index in [1.807, 2.05) is 19.9 Å². The molecule has 0 saturated carbocycles. The summed E-state index contributed by atoms with van der Waals surface area (Å²) >= 11 is 1.31. The fourth-order valence-corrected chi connectivity index (χ4v) is 2.50. The topological polar surface area (TPSA) is 103 Å². The number of ether oxygens (including phenoxy) is 1. The molecule has 0 aliphatic carbocycles. The van der Waals surface area contributed by atoms with Gasteiger partial charge in [0.15, 0.2) is 5.13 Å². The van der Waals surface area contributed by atoms with Gasteiger partial charge >= 0.3 is 11.6 Å². The fraction of sp³-hybridized carbons (Fsp3) is 0.133. The van der Waals surface area contributed by atoms with Crippen LogP contribution >= 0.6 is 11.3 Å². The van der Waals surface area contributed by atoms with Gasteiger partial charge in [-0.25, -0.2) is 9.97 Å². The molecule has 2 heterocycles. The molecule has 0 unspecified atom stereocenters. The second-order valence-electron chi connectivity index (χ2n) is 4.94. The van der Waals surface area contributed by atoms with Gasteiger partial charge in [0, 0.05) is 11.6 Å². The average Bonchev–Trinajstić information content (AvgIpc) is 3.04. The summed E-state index contributed by atoms with van der Waals surface area (Å²) < 4.78 is 5.62. The van der Waals surface area contributed by atoms with Crippen LogP contribution in [0.2, 0.25) is 0 Å². The summed E-state index contributed by atoms with van der Waals surface area (Å²) in [5, 5.41) is 16.5. The summed E-state index contributed by atoms with van der Waals surface area (Å²) in [6.07, 6.45) is 2.80. The van der Waals surface area contributed by atoms with E-state index in [0.29, 0.717) is 10.9 Å². The molecule has 3 aromatic rings. The number of aromatic nitrogens is 3. The van der Waals surface area contributed by atoms with Crippen molar-refractivity contribution in [2.75, 3.05) is 5.32 Å². The first-order valence-electron chi connectivity index (χ1n) is 6.95. The molecule has 0 aliphatic rings. The van der Waals surface area contributed by atoms with E-state index in [9.17, 15) is 10.1 Å². The molecule has 0 radical (unpaired) electrons. The SMILES string of the molecule is Cc1ccc(Oc2ncnc(Nc3nccs3)c2[N+](=O)[O-])cc1C. The van der Waals surface area contributed by atoms with Crippen LogP contribution in [0.15, 0.2) is 36.1 Å². The lowest BCUT2D eigenvalue weighted by atomic mass is 10.1. The van der Waals surface area contributed by atoms with Crippen LogP contribution in [0.5, 0.6) is 11.6 Å². The Balaban J connectivity index is 1.97. The molecular weight excluding hydrogens is 330 g/mol. The van der Waals surface area contributed by atoms with Crippen LogP contribution in [0.1, 0.15) is 11.1 Å². The molecule has 0 amide bonds. The van der Waals surface area contributed by atoms with Gasteiger partial charge in [-0.05, 0) is 37.1 Å². The first-order chi connectivity index (χ1) is 11.5. The maximum Gasteiger partial charge on any atom is 0.373 e. The Labute approximate surface area is 141 Å². The predicted molar refractivity (Wildman–Crippen MR) is 90.1 cm³/mol. The molecule has 0 spiro atoms. The predicted octanol–water partition coefficient (Wildman–Crippen LogP) is 3.99. The van der Waals surface area contributed by atoms with Crippen LogP contribution in [0.25, 0.3) is 0 Å². The highest BCUT2D eigenvalue weighted by Crippen LogP contribution is 2.35. The summed E-state index contributed by atoms with van der Waals surface area (Å²) in [7, 11) is 0. The van der Waals surface area contributed by atoms with Gasteiger partial charge in [-0.15, -0.1) is 11.3 Å². The number of thiazole rings is 1. The quantitative estimate of drug-likeness (QED) is 0.551. The van der Waals surface area contributed by atoms with Crippen molar-refractivity contribution in [3.8, 4) is 11.6 Å². The van der Waals surface area contributed by atoms with Crippen molar-refractivity contribution in [2.45, 2.75) is 13.8 Å². The van der Waals surface area contributed by atoms with Crippen LogP contribution in [-0.2, 0) is 0 Å². The zero-order chi connectivity index (χ0) is 17.1. The normalized spacial score (nSPS) is 10.4. The van der Waals surface area contributed by atoms with Gasteiger partial charge in [-0.3, -0.25) is 10.1 Å². The Morgan fingerprint density at radius 1 is 1.21 bits per heavy atom. The van der Waals surface area contributed by atoms with Gasteiger partial charge in [0.25, 0.3) is 0 Å². The van der Waals surface area contributed by atoms with E-state index in [1.54, 1.807) is 23.7 Å². The minimum Gasteiger partial charge on any atom is -0.434 e. The van der Waals surface area contributed by atoms with Crippen molar-refractivity contribution in [3.63, 3.8) is 0 Å². The van der Waals surface area contributed by atoms with Gasteiger partial charge in [-0.2, -0.15) is 4.98 Å². The number of rotatable bonds is 5. The number of hydrogen-bond donors (Lipinski definition) is 1. The van der Waals surface area contributed by atoms with Gasteiger partial charge in [0.1, 0.15) is 12.1 Å². The first kappa shape index (κ1) is 15.8. The first-order valence-corrected chi connectivity index (χ1v) is 7.83. The van der Waals surface area contributed by atoms with Crippen molar-refractivity contribution in [1.29, 1.82) is 0 Å². The number of hydrogen-bond acceptors (Lipinski definition) is 8. The van der Waals surface area contributed by atoms with E-state index in [0.717, 1.165) is 11.1 Å². The summed E-state index contributed by atoms with van der Waals surface area (Å²) in [6, 6.07) is 5.42. The van der Waals surface area contributed by atoms with Crippen molar-refractivity contribution in [2.24, 2.45) is 0 Å². The third-order valence-electron chi connectivity index (χ3n) is 3.32. The maximum absolute atomic E-state index is 11.5. The van der Waals surface area contributed by atoms with Crippen molar-refractivity contribution in [3.05, 3.63) is 57.3 Å². The Morgan fingerprint density at radius 3 is 2.71 bits per heavy atom. The van der Waals surface area contributed by atoms with Crippen LogP contribution in [0.3, 0.4) is 0 Å². The molecule has 0 aliphatic heterocycles.